The van der Waals surface area contributed by atoms with Crippen LogP contribution in [0.5, 0.6) is 0 Å². The van der Waals surface area contributed by atoms with E-state index in [-0.39, 0.29) is 24.8 Å². The van der Waals surface area contributed by atoms with Crippen molar-refractivity contribution in [1.82, 2.24) is 10.6 Å². The minimum Gasteiger partial charge on any atom is -0.347 e. The van der Waals surface area contributed by atoms with Gasteiger partial charge in [-0.2, -0.15) is 0 Å². The molecule has 3 rings (SSSR count). The van der Waals surface area contributed by atoms with Crippen molar-refractivity contribution in [2.24, 2.45) is 0 Å². The lowest BCUT2D eigenvalue weighted by Gasteiger charge is -2.28. The quantitative estimate of drug-likeness (QED) is 0.895. The molecule has 0 saturated carbocycles. The van der Waals surface area contributed by atoms with Crippen LogP contribution in [0.1, 0.15) is 27.2 Å². The molecule has 1 aliphatic rings. The van der Waals surface area contributed by atoms with Crippen LogP contribution < -0.4 is 15.5 Å². The maximum atomic E-state index is 12.6. The van der Waals surface area contributed by atoms with E-state index < -0.39 is 6.03 Å². The molecular formula is C17H17N3O3S. The van der Waals surface area contributed by atoms with Crippen molar-refractivity contribution >= 4 is 34.9 Å². The normalized spacial score (nSPS) is 14.5. The molecule has 24 heavy (non-hydrogen) atoms. The zero-order chi connectivity index (χ0) is 17.1. The molecule has 1 aromatic carbocycles. The summed E-state index contributed by atoms with van der Waals surface area (Å²) in [6.07, 6.45) is 0.218. The minimum absolute atomic E-state index is 0.218. The molecule has 124 valence electrons. The predicted molar refractivity (Wildman–Crippen MR) is 92.2 cm³/mol. The van der Waals surface area contributed by atoms with E-state index in [0.29, 0.717) is 17.8 Å². The number of nitrogens with one attached hydrogen (secondary N) is 2. The van der Waals surface area contributed by atoms with E-state index in [1.54, 1.807) is 35.6 Å². The molecule has 1 aromatic heterocycles. The lowest BCUT2D eigenvalue weighted by atomic mass is 10.1. The number of benzene rings is 1. The predicted octanol–water partition coefficient (Wildman–Crippen LogP) is 2.43. The molecule has 2 N–H and O–H groups in total. The second-order valence-corrected chi connectivity index (χ2v) is 6.48. The molecule has 0 spiro atoms. The van der Waals surface area contributed by atoms with Gasteiger partial charge in [0.05, 0.1) is 17.8 Å². The lowest BCUT2D eigenvalue weighted by Crippen LogP contribution is -2.50. The van der Waals surface area contributed by atoms with Gasteiger partial charge >= 0.3 is 6.03 Å². The van der Waals surface area contributed by atoms with Crippen molar-refractivity contribution in [3.8, 4) is 0 Å². The molecule has 0 unspecified atom stereocenters. The van der Waals surface area contributed by atoms with Gasteiger partial charge in [0.15, 0.2) is 0 Å². The van der Waals surface area contributed by atoms with Crippen molar-refractivity contribution < 1.29 is 14.4 Å². The molecule has 7 heteroatoms. The van der Waals surface area contributed by atoms with Gasteiger partial charge in [-0.05, 0) is 36.1 Å². The number of urea groups is 1. The van der Waals surface area contributed by atoms with Crippen molar-refractivity contribution in [2.75, 3.05) is 11.4 Å². The second-order valence-electron chi connectivity index (χ2n) is 5.48. The number of carbonyl (C=O) groups is 3. The second kappa shape index (κ2) is 6.84. The summed E-state index contributed by atoms with van der Waals surface area (Å²) in [4.78, 5) is 38.4. The standard InChI is InChI=1S/C17H17N3O3S/c1-11-7-9-24-14(11)10-18-16(22)12-4-2-3-5-13(12)20-8-6-15(21)19-17(20)23/h2-5,7,9H,6,8,10H2,1H3,(H,18,22)(H,19,21,23). The molecular weight excluding hydrogens is 326 g/mol. The first-order valence-electron chi connectivity index (χ1n) is 7.58. The number of hydrogen-bond acceptors (Lipinski definition) is 4. The van der Waals surface area contributed by atoms with E-state index in [4.69, 9.17) is 0 Å². The van der Waals surface area contributed by atoms with Gasteiger partial charge < -0.3 is 5.32 Å². The third-order valence-electron chi connectivity index (χ3n) is 3.87. The van der Waals surface area contributed by atoms with Crippen molar-refractivity contribution in [2.45, 2.75) is 19.9 Å². The number of para-hydroxylation sites is 1. The van der Waals surface area contributed by atoms with Gasteiger partial charge in [-0.1, -0.05) is 12.1 Å². The summed E-state index contributed by atoms with van der Waals surface area (Å²) in [5, 5.41) is 7.15. The summed E-state index contributed by atoms with van der Waals surface area (Å²) < 4.78 is 0. The zero-order valence-electron chi connectivity index (χ0n) is 13.2. The average Bonchev–Trinajstić information content (AvgIpc) is 2.98. The van der Waals surface area contributed by atoms with Crippen LogP contribution in [-0.2, 0) is 11.3 Å². The first kappa shape index (κ1) is 16.2. The van der Waals surface area contributed by atoms with Gasteiger partial charge in [-0.3, -0.25) is 19.8 Å². The fourth-order valence-electron chi connectivity index (χ4n) is 2.54. The summed E-state index contributed by atoms with van der Waals surface area (Å²) in [6, 6.07) is 8.41. The molecule has 0 bridgehead atoms. The van der Waals surface area contributed by atoms with Crippen LogP contribution in [0.3, 0.4) is 0 Å². The summed E-state index contributed by atoms with van der Waals surface area (Å²) in [5.74, 6) is -0.547. The Kier molecular flexibility index (Phi) is 4.61. The first-order valence-corrected chi connectivity index (χ1v) is 8.46. The van der Waals surface area contributed by atoms with Crippen molar-refractivity contribution in [1.29, 1.82) is 0 Å². The highest BCUT2D eigenvalue weighted by Gasteiger charge is 2.27. The fraction of sp³-hybridized carbons (Fsp3) is 0.235. The van der Waals surface area contributed by atoms with Crippen molar-refractivity contribution in [3.05, 3.63) is 51.7 Å². The summed E-state index contributed by atoms with van der Waals surface area (Å²) in [7, 11) is 0. The number of imide groups is 1. The molecule has 0 radical (unpaired) electrons. The van der Waals surface area contributed by atoms with Crippen molar-refractivity contribution in [3.63, 3.8) is 0 Å². The van der Waals surface area contributed by atoms with Gasteiger partial charge in [0.2, 0.25) is 5.91 Å². The number of rotatable bonds is 4. The Morgan fingerprint density at radius 1 is 1.29 bits per heavy atom. The Morgan fingerprint density at radius 2 is 2.08 bits per heavy atom. The number of thiophene rings is 1. The van der Waals surface area contributed by atoms with E-state index in [0.717, 1.165) is 10.4 Å². The van der Waals surface area contributed by atoms with Crippen LogP contribution in [0.25, 0.3) is 0 Å². The van der Waals surface area contributed by atoms with E-state index in [9.17, 15) is 14.4 Å². The maximum Gasteiger partial charge on any atom is 0.328 e. The highest BCUT2D eigenvalue weighted by atomic mass is 32.1. The number of hydrogen-bond donors (Lipinski definition) is 2. The van der Waals surface area contributed by atoms with Crippen LogP contribution >= 0.6 is 11.3 Å². The fourth-order valence-corrected chi connectivity index (χ4v) is 3.38. The number of aryl methyl sites for hydroxylation is 1. The molecule has 1 fully saturated rings. The van der Waals surface area contributed by atoms with E-state index in [2.05, 4.69) is 10.6 Å². The van der Waals surface area contributed by atoms with E-state index in [1.165, 1.54) is 4.90 Å². The van der Waals surface area contributed by atoms with E-state index >= 15 is 0 Å². The van der Waals surface area contributed by atoms with Gasteiger partial charge in [0.25, 0.3) is 5.91 Å². The minimum atomic E-state index is -0.499. The molecule has 6 nitrogen and oxygen atoms in total. The molecule has 0 aliphatic carbocycles. The Hall–Kier alpha value is -2.67. The Bertz CT molecular complexity index is 800. The van der Waals surface area contributed by atoms with Crippen LogP contribution in [0, 0.1) is 6.92 Å². The third kappa shape index (κ3) is 3.30. The summed E-state index contributed by atoms with van der Waals surface area (Å²) >= 11 is 1.59. The number of amides is 4. The van der Waals surface area contributed by atoms with Gasteiger partial charge in [0.1, 0.15) is 0 Å². The molecule has 4 amide bonds. The third-order valence-corrected chi connectivity index (χ3v) is 4.89. The Labute approximate surface area is 143 Å². The Morgan fingerprint density at radius 3 is 2.79 bits per heavy atom. The number of anilines is 1. The monoisotopic (exact) mass is 343 g/mol. The topological polar surface area (TPSA) is 78.5 Å². The van der Waals surface area contributed by atoms with Gasteiger partial charge in [0, 0.05) is 17.8 Å². The average molecular weight is 343 g/mol. The summed E-state index contributed by atoms with van der Waals surface area (Å²) in [5.41, 5.74) is 2.06. The molecule has 0 atom stereocenters. The largest absolute Gasteiger partial charge is 0.347 e. The summed E-state index contributed by atoms with van der Waals surface area (Å²) in [6.45, 7) is 2.71. The van der Waals surface area contributed by atoms with Crippen LogP contribution in [0.2, 0.25) is 0 Å². The first-order chi connectivity index (χ1) is 11.6. The zero-order valence-corrected chi connectivity index (χ0v) is 14.0. The van der Waals surface area contributed by atoms with Gasteiger partial charge in [-0.25, -0.2) is 4.79 Å². The highest BCUT2D eigenvalue weighted by Crippen LogP contribution is 2.23. The van der Waals surface area contributed by atoms with Gasteiger partial charge in [-0.15, -0.1) is 11.3 Å². The molecule has 1 saturated heterocycles. The molecule has 2 aromatic rings. The lowest BCUT2D eigenvalue weighted by molar-refractivity contribution is -0.120. The highest BCUT2D eigenvalue weighted by molar-refractivity contribution is 7.10. The number of nitrogens with zero attached hydrogens (tertiary/aromatic N) is 1. The molecule has 1 aliphatic heterocycles. The Balaban J connectivity index is 1.78. The number of carbonyl (C=O) groups excluding carboxylic acids is 3. The maximum absolute atomic E-state index is 12.6. The SMILES string of the molecule is Cc1ccsc1CNC(=O)c1ccccc1N1CCC(=O)NC1=O. The smallest absolute Gasteiger partial charge is 0.328 e. The van der Waals surface area contributed by atoms with Crippen LogP contribution in [0.15, 0.2) is 35.7 Å². The molecule has 2 heterocycles. The van der Waals surface area contributed by atoms with Crippen LogP contribution in [0.4, 0.5) is 10.5 Å². The van der Waals surface area contributed by atoms with E-state index in [1.807, 2.05) is 18.4 Å². The van der Waals surface area contributed by atoms with Crippen LogP contribution in [-0.4, -0.2) is 24.4 Å².